The van der Waals surface area contributed by atoms with Crippen LogP contribution in [-0.4, -0.2) is 34.8 Å². The van der Waals surface area contributed by atoms with Crippen molar-refractivity contribution in [2.45, 2.75) is 32.7 Å². The van der Waals surface area contributed by atoms with Gasteiger partial charge in [0, 0.05) is 10.7 Å². The molecule has 2 N–H and O–H groups in total. The predicted molar refractivity (Wildman–Crippen MR) is 88.2 cm³/mol. The van der Waals surface area contributed by atoms with Crippen molar-refractivity contribution in [3.8, 4) is 0 Å². The van der Waals surface area contributed by atoms with Crippen LogP contribution in [0.2, 0.25) is 5.02 Å². The molecule has 6 nitrogen and oxygen atoms in total. The number of carbonyl (C=O) groups is 3. The Bertz CT molecular complexity index is 647. The minimum atomic E-state index is -0.957. The summed E-state index contributed by atoms with van der Waals surface area (Å²) in [5.74, 6) is -0.591. The number of halogens is 1. The molecule has 1 aliphatic rings. The van der Waals surface area contributed by atoms with Gasteiger partial charge in [-0.3, -0.25) is 14.5 Å². The maximum Gasteiger partial charge on any atom is 0.325 e. The summed E-state index contributed by atoms with van der Waals surface area (Å²) in [7, 11) is 0. The number of carbonyl (C=O) groups excluding carboxylic acids is 3. The molecule has 1 heterocycles. The van der Waals surface area contributed by atoms with Crippen molar-refractivity contribution in [2.24, 2.45) is 5.92 Å². The third-order valence-corrected chi connectivity index (χ3v) is 3.81. The third kappa shape index (κ3) is 4.01. The highest BCUT2D eigenvalue weighted by atomic mass is 35.5. The Morgan fingerprint density at radius 2 is 2.09 bits per heavy atom. The van der Waals surface area contributed by atoms with Gasteiger partial charge in [-0.1, -0.05) is 31.5 Å². The first-order chi connectivity index (χ1) is 10.7. The molecule has 0 saturated carbocycles. The minimum absolute atomic E-state index is 0.240. The van der Waals surface area contributed by atoms with Gasteiger partial charge >= 0.3 is 6.03 Å². The number of benzene rings is 1. The molecular weight excluding hydrogens is 318 g/mol. The minimum Gasteiger partial charge on any atom is -0.324 e. The molecule has 7 heteroatoms. The molecule has 1 aromatic carbocycles. The molecule has 1 fully saturated rings. The summed E-state index contributed by atoms with van der Waals surface area (Å²) in [5.41, 5.74) is -0.443. The summed E-state index contributed by atoms with van der Waals surface area (Å²) in [5, 5.41) is 5.79. The molecule has 23 heavy (non-hydrogen) atoms. The van der Waals surface area contributed by atoms with E-state index in [1.807, 2.05) is 13.8 Å². The van der Waals surface area contributed by atoms with Gasteiger partial charge in [0.25, 0.3) is 5.91 Å². The van der Waals surface area contributed by atoms with Crippen molar-refractivity contribution in [1.29, 1.82) is 0 Å². The summed E-state index contributed by atoms with van der Waals surface area (Å²) in [6.45, 7) is 5.30. The van der Waals surface area contributed by atoms with Gasteiger partial charge in [0.05, 0.1) is 0 Å². The average molecular weight is 338 g/mol. The molecule has 0 aromatic heterocycles. The Hall–Kier alpha value is -2.08. The van der Waals surface area contributed by atoms with Gasteiger partial charge < -0.3 is 10.6 Å². The van der Waals surface area contributed by atoms with E-state index in [1.54, 1.807) is 31.2 Å². The molecule has 1 aliphatic heterocycles. The zero-order valence-corrected chi connectivity index (χ0v) is 14.1. The molecule has 1 unspecified atom stereocenters. The number of anilines is 1. The monoisotopic (exact) mass is 337 g/mol. The molecule has 0 bridgehead atoms. The van der Waals surface area contributed by atoms with Crippen LogP contribution in [0.5, 0.6) is 0 Å². The summed E-state index contributed by atoms with van der Waals surface area (Å²) in [6.07, 6.45) is 0.518. The molecule has 0 aliphatic carbocycles. The fourth-order valence-electron chi connectivity index (χ4n) is 2.76. The lowest BCUT2D eigenvalue weighted by Crippen LogP contribution is -2.45. The van der Waals surface area contributed by atoms with E-state index in [0.29, 0.717) is 17.1 Å². The number of nitrogens with zero attached hydrogens (tertiary/aromatic N) is 1. The highest BCUT2D eigenvalue weighted by Crippen LogP contribution is 2.25. The van der Waals surface area contributed by atoms with Crippen molar-refractivity contribution < 1.29 is 14.4 Å². The lowest BCUT2D eigenvalue weighted by molar-refractivity contribution is -0.133. The Kier molecular flexibility index (Phi) is 4.94. The highest BCUT2D eigenvalue weighted by Gasteiger charge is 2.48. The molecule has 1 saturated heterocycles. The van der Waals surface area contributed by atoms with Crippen molar-refractivity contribution in [3.63, 3.8) is 0 Å². The van der Waals surface area contributed by atoms with Crippen molar-refractivity contribution in [3.05, 3.63) is 29.3 Å². The molecule has 0 radical (unpaired) electrons. The Labute approximate surface area is 140 Å². The van der Waals surface area contributed by atoms with E-state index >= 15 is 0 Å². The third-order valence-electron chi connectivity index (χ3n) is 3.57. The number of amides is 4. The zero-order valence-electron chi connectivity index (χ0n) is 13.4. The molecule has 4 amide bonds. The summed E-state index contributed by atoms with van der Waals surface area (Å²) in [6, 6.07) is 6.11. The molecule has 124 valence electrons. The Balaban J connectivity index is 2.03. The van der Waals surface area contributed by atoms with Crippen LogP contribution >= 0.6 is 11.6 Å². The average Bonchev–Trinajstić information content (AvgIpc) is 2.61. The van der Waals surface area contributed by atoms with Gasteiger partial charge in [-0.05, 0) is 37.5 Å². The van der Waals surface area contributed by atoms with E-state index in [9.17, 15) is 14.4 Å². The number of imide groups is 1. The van der Waals surface area contributed by atoms with Crippen molar-refractivity contribution in [2.75, 3.05) is 11.9 Å². The van der Waals surface area contributed by atoms with Crippen LogP contribution in [-0.2, 0) is 9.59 Å². The SMILES string of the molecule is CC(C)CC1(C)NC(=O)N(CC(=O)Nc2cccc(Cl)c2)C1=O. The second kappa shape index (κ2) is 6.58. The van der Waals surface area contributed by atoms with Gasteiger partial charge in [-0.15, -0.1) is 0 Å². The quantitative estimate of drug-likeness (QED) is 0.811. The first-order valence-corrected chi connectivity index (χ1v) is 7.78. The maximum atomic E-state index is 12.5. The molecule has 0 spiro atoms. The number of rotatable bonds is 5. The highest BCUT2D eigenvalue weighted by molar-refractivity contribution is 6.30. The van der Waals surface area contributed by atoms with E-state index < -0.39 is 17.5 Å². The van der Waals surface area contributed by atoms with Crippen LogP contribution in [0.25, 0.3) is 0 Å². The van der Waals surface area contributed by atoms with Crippen LogP contribution in [0.3, 0.4) is 0 Å². The first kappa shape index (κ1) is 17.3. The second-order valence-electron chi connectivity index (χ2n) is 6.31. The fraction of sp³-hybridized carbons (Fsp3) is 0.438. The topological polar surface area (TPSA) is 78.5 Å². The zero-order chi connectivity index (χ0) is 17.2. The summed E-state index contributed by atoms with van der Waals surface area (Å²) in [4.78, 5) is 37.5. The number of hydrogen-bond donors (Lipinski definition) is 2. The van der Waals surface area contributed by atoms with E-state index in [4.69, 9.17) is 11.6 Å². The number of nitrogens with one attached hydrogen (secondary N) is 2. The standard InChI is InChI=1S/C16H20ClN3O3/c1-10(2)8-16(3)14(22)20(15(23)19-16)9-13(21)18-12-6-4-5-11(17)7-12/h4-7,10H,8-9H2,1-3H3,(H,18,21)(H,19,23). The van der Waals surface area contributed by atoms with Crippen LogP contribution in [0.1, 0.15) is 27.2 Å². The molecular formula is C16H20ClN3O3. The lowest BCUT2D eigenvalue weighted by atomic mass is 9.91. The van der Waals surface area contributed by atoms with Gasteiger partial charge in [-0.2, -0.15) is 0 Å². The molecule has 1 atom stereocenters. The molecule has 2 rings (SSSR count). The van der Waals surface area contributed by atoms with Gasteiger partial charge in [-0.25, -0.2) is 4.79 Å². The second-order valence-corrected chi connectivity index (χ2v) is 6.75. The summed E-state index contributed by atoms with van der Waals surface area (Å²) >= 11 is 5.85. The van der Waals surface area contributed by atoms with Crippen LogP contribution < -0.4 is 10.6 Å². The van der Waals surface area contributed by atoms with E-state index in [1.165, 1.54) is 0 Å². The maximum absolute atomic E-state index is 12.5. The van der Waals surface area contributed by atoms with Gasteiger partial charge in [0.15, 0.2) is 0 Å². The first-order valence-electron chi connectivity index (χ1n) is 7.41. The smallest absolute Gasteiger partial charge is 0.324 e. The Morgan fingerprint density at radius 1 is 1.39 bits per heavy atom. The van der Waals surface area contributed by atoms with Crippen LogP contribution in [0.15, 0.2) is 24.3 Å². The van der Waals surface area contributed by atoms with E-state index in [-0.39, 0.29) is 18.4 Å². The van der Waals surface area contributed by atoms with Crippen LogP contribution in [0.4, 0.5) is 10.5 Å². The summed E-state index contributed by atoms with van der Waals surface area (Å²) < 4.78 is 0. The van der Waals surface area contributed by atoms with Gasteiger partial charge in [0.2, 0.25) is 5.91 Å². The van der Waals surface area contributed by atoms with E-state index in [2.05, 4.69) is 10.6 Å². The Morgan fingerprint density at radius 3 is 2.70 bits per heavy atom. The largest absolute Gasteiger partial charge is 0.325 e. The lowest BCUT2D eigenvalue weighted by Gasteiger charge is -2.23. The fourth-order valence-corrected chi connectivity index (χ4v) is 2.95. The van der Waals surface area contributed by atoms with Gasteiger partial charge in [0.1, 0.15) is 12.1 Å². The predicted octanol–water partition coefficient (Wildman–Crippen LogP) is 2.64. The normalized spacial score (nSPS) is 20.8. The van der Waals surface area contributed by atoms with Crippen molar-refractivity contribution in [1.82, 2.24) is 10.2 Å². The van der Waals surface area contributed by atoms with Crippen LogP contribution in [0, 0.1) is 5.92 Å². The van der Waals surface area contributed by atoms with Crippen molar-refractivity contribution >= 4 is 35.1 Å². The van der Waals surface area contributed by atoms with E-state index in [0.717, 1.165) is 4.90 Å². The number of urea groups is 1. The number of hydrogen-bond acceptors (Lipinski definition) is 3. The molecule has 1 aromatic rings.